The molecule has 0 radical (unpaired) electrons. The van der Waals surface area contributed by atoms with Crippen LogP contribution in [0.5, 0.6) is 0 Å². The van der Waals surface area contributed by atoms with Crippen molar-refractivity contribution in [2.24, 2.45) is 0 Å². The average Bonchev–Trinajstić information content (AvgIpc) is 2.97. The van der Waals surface area contributed by atoms with Crippen molar-refractivity contribution in [3.05, 3.63) is 64.7 Å². The second-order valence-corrected chi connectivity index (χ2v) is 6.03. The molecular weight excluding hydrogens is 272 g/mol. The molecule has 3 aromatic carbocycles. The van der Waals surface area contributed by atoms with Gasteiger partial charge in [-0.3, -0.25) is 0 Å². The molecule has 0 unspecified atom stereocenters. The molecule has 0 amide bonds. The first-order valence-corrected chi connectivity index (χ1v) is 7.49. The van der Waals surface area contributed by atoms with Crippen LogP contribution in [0.2, 0.25) is 0 Å². The van der Waals surface area contributed by atoms with Crippen molar-refractivity contribution >= 4 is 39.8 Å². The fraction of sp³-hybridized carbons (Fsp3) is 0.100. The summed E-state index contributed by atoms with van der Waals surface area (Å²) < 4.78 is 0. The Bertz CT molecular complexity index is 1010. The standard InChI is InChI=1S/C20H14O2/c21-18-9-8-14-16(20(18)22)7-6-13-15-5-4-11-2-1-3-12(19(11)15)10-17(13)14/h1-10,18,20-22H/t18-,20+/m0/s1. The van der Waals surface area contributed by atoms with E-state index < -0.39 is 12.2 Å². The average molecular weight is 286 g/mol. The molecule has 3 aromatic rings. The molecule has 0 aromatic heterocycles. The molecule has 2 atom stereocenters. The number of aliphatic hydroxyl groups excluding tert-OH is 2. The molecule has 5 rings (SSSR count). The molecule has 0 spiro atoms. The van der Waals surface area contributed by atoms with Gasteiger partial charge in [-0.05, 0) is 49.9 Å². The van der Waals surface area contributed by atoms with Crippen LogP contribution in [0.25, 0.3) is 39.8 Å². The molecule has 0 aliphatic heterocycles. The molecule has 106 valence electrons. The molecule has 2 heteroatoms. The van der Waals surface area contributed by atoms with Gasteiger partial charge in [-0.1, -0.05) is 54.6 Å². The van der Waals surface area contributed by atoms with Gasteiger partial charge in [0.15, 0.2) is 0 Å². The van der Waals surface area contributed by atoms with E-state index in [-0.39, 0.29) is 0 Å². The van der Waals surface area contributed by atoms with Gasteiger partial charge in [-0.2, -0.15) is 0 Å². The van der Waals surface area contributed by atoms with Crippen molar-refractivity contribution in [1.82, 2.24) is 0 Å². The highest BCUT2D eigenvalue weighted by molar-refractivity contribution is 6.16. The predicted octanol–water partition coefficient (Wildman–Crippen LogP) is 3.90. The molecule has 0 heterocycles. The van der Waals surface area contributed by atoms with Crippen molar-refractivity contribution in [3.8, 4) is 0 Å². The van der Waals surface area contributed by atoms with Gasteiger partial charge in [0.05, 0.1) is 0 Å². The van der Waals surface area contributed by atoms with Crippen molar-refractivity contribution in [2.45, 2.75) is 12.2 Å². The minimum absolute atomic E-state index is 0.798. The van der Waals surface area contributed by atoms with E-state index >= 15 is 0 Å². The number of benzene rings is 3. The summed E-state index contributed by atoms with van der Waals surface area (Å²) in [4.78, 5) is 0. The summed E-state index contributed by atoms with van der Waals surface area (Å²) in [5, 5.41) is 24.9. The lowest BCUT2D eigenvalue weighted by Gasteiger charge is -2.23. The molecule has 2 nitrogen and oxygen atoms in total. The summed E-state index contributed by atoms with van der Waals surface area (Å²) in [6.45, 7) is 0. The lowest BCUT2D eigenvalue weighted by atomic mass is 9.86. The third-order valence-electron chi connectivity index (χ3n) is 4.84. The third kappa shape index (κ3) is 1.41. The number of aliphatic hydroxyl groups is 2. The summed E-state index contributed by atoms with van der Waals surface area (Å²) in [6, 6.07) is 12.5. The van der Waals surface area contributed by atoms with E-state index in [9.17, 15) is 10.2 Å². The van der Waals surface area contributed by atoms with E-state index in [1.54, 1.807) is 6.08 Å². The highest BCUT2D eigenvalue weighted by Crippen LogP contribution is 2.41. The van der Waals surface area contributed by atoms with Crippen LogP contribution in [0.1, 0.15) is 28.4 Å². The molecule has 0 fully saturated rings. The van der Waals surface area contributed by atoms with Crippen LogP contribution in [0, 0.1) is 0 Å². The maximum atomic E-state index is 10.2. The van der Waals surface area contributed by atoms with Crippen LogP contribution in [0.3, 0.4) is 0 Å². The fourth-order valence-electron chi connectivity index (χ4n) is 3.77. The van der Waals surface area contributed by atoms with Crippen LogP contribution >= 0.6 is 0 Å². The smallest absolute Gasteiger partial charge is 0.109 e. The molecule has 0 bridgehead atoms. The molecular formula is C20H14O2. The Kier molecular flexibility index (Phi) is 2.25. The summed E-state index contributed by atoms with van der Waals surface area (Å²) in [6.07, 6.45) is 6.25. The normalized spacial score (nSPS) is 21.7. The second kappa shape index (κ2) is 4.07. The van der Waals surface area contributed by atoms with Gasteiger partial charge < -0.3 is 10.2 Å². The van der Waals surface area contributed by atoms with E-state index in [1.807, 2.05) is 12.1 Å². The molecule has 2 N–H and O–H groups in total. The van der Waals surface area contributed by atoms with Crippen LogP contribution in [0.15, 0.2) is 42.5 Å². The number of fused-ring (bicyclic) bond motifs is 4. The van der Waals surface area contributed by atoms with Crippen molar-refractivity contribution in [3.63, 3.8) is 0 Å². The van der Waals surface area contributed by atoms with Crippen molar-refractivity contribution in [1.29, 1.82) is 0 Å². The second-order valence-electron chi connectivity index (χ2n) is 6.03. The van der Waals surface area contributed by atoms with Gasteiger partial charge >= 0.3 is 0 Å². The molecule has 0 saturated heterocycles. The number of hydrogen-bond donors (Lipinski definition) is 2. The van der Waals surface area contributed by atoms with Crippen molar-refractivity contribution in [2.75, 3.05) is 0 Å². The fourth-order valence-corrected chi connectivity index (χ4v) is 3.77. The molecule has 0 saturated carbocycles. The van der Waals surface area contributed by atoms with Crippen LogP contribution < -0.4 is 0 Å². The highest BCUT2D eigenvalue weighted by Gasteiger charge is 2.24. The first kappa shape index (κ1) is 12.2. The number of rotatable bonds is 0. The van der Waals surface area contributed by atoms with Gasteiger partial charge in [0.1, 0.15) is 12.2 Å². The van der Waals surface area contributed by atoms with E-state index in [2.05, 4.69) is 42.5 Å². The predicted molar refractivity (Wildman–Crippen MR) is 90.4 cm³/mol. The molecule has 22 heavy (non-hydrogen) atoms. The first-order valence-electron chi connectivity index (χ1n) is 7.49. The lowest BCUT2D eigenvalue weighted by Crippen LogP contribution is -2.19. The quantitative estimate of drug-likeness (QED) is 0.481. The Hall–Kier alpha value is -2.42. The monoisotopic (exact) mass is 286 g/mol. The Labute approximate surface area is 127 Å². The van der Waals surface area contributed by atoms with Crippen molar-refractivity contribution < 1.29 is 10.2 Å². The van der Waals surface area contributed by atoms with Crippen LogP contribution in [-0.2, 0) is 0 Å². The van der Waals surface area contributed by atoms with Gasteiger partial charge in [0.25, 0.3) is 0 Å². The highest BCUT2D eigenvalue weighted by atomic mass is 16.3. The Morgan fingerprint density at radius 2 is 1.73 bits per heavy atom. The zero-order valence-electron chi connectivity index (χ0n) is 11.8. The maximum Gasteiger partial charge on any atom is 0.109 e. The summed E-state index contributed by atoms with van der Waals surface area (Å²) in [5.74, 6) is 0. The van der Waals surface area contributed by atoms with E-state index in [0.29, 0.717) is 0 Å². The van der Waals surface area contributed by atoms with Gasteiger partial charge in [-0.25, -0.2) is 0 Å². The van der Waals surface area contributed by atoms with E-state index in [1.165, 1.54) is 27.3 Å². The zero-order valence-corrected chi connectivity index (χ0v) is 11.8. The molecule has 2 aliphatic carbocycles. The largest absolute Gasteiger partial charge is 0.386 e. The minimum atomic E-state index is -0.851. The summed E-state index contributed by atoms with van der Waals surface area (Å²) >= 11 is 0. The summed E-state index contributed by atoms with van der Waals surface area (Å²) in [7, 11) is 0. The first-order chi connectivity index (χ1) is 10.7. The molecule has 2 aliphatic rings. The van der Waals surface area contributed by atoms with Crippen LogP contribution in [-0.4, -0.2) is 16.3 Å². The van der Waals surface area contributed by atoms with Gasteiger partial charge in [0, 0.05) is 0 Å². The van der Waals surface area contributed by atoms with E-state index in [0.717, 1.165) is 16.5 Å². The lowest BCUT2D eigenvalue weighted by molar-refractivity contribution is 0.0471. The minimum Gasteiger partial charge on any atom is -0.386 e. The Morgan fingerprint density at radius 3 is 2.64 bits per heavy atom. The zero-order chi connectivity index (χ0) is 14.8. The topological polar surface area (TPSA) is 40.5 Å². The van der Waals surface area contributed by atoms with E-state index in [4.69, 9.17) is 0 Å². The SMILES string of the molecule is O[C@@H]1c2ccc3c4c5c(cccc5cc3c2C=C[C@@H]1O)C=C4. The Morgan fingerprint density at radius 1 is 0.818 bits per heavy atom. The van der Waals surface area contributed by atoms with Gasteiger partial charge in [0.2, 0.25) is 0 Å². The number of hydrogen-bond acceptors (Lipinski definition) is 2. The Balaban J connectivity index is 1.97. The third-order valence-corrected chi connectivity index (χ3v) is 4.84. The van der Waals surface area contributed by atoms with Gasteiger partial charge in [-0.15, -0.1) is 0 Å². The van der Waals surface area contributed by atoms with Crippen LogP contribution in [0.4, 0.5) is 0 Å². The summed E-state index contributed by atoms with van der Waals surface area (Å²) in [5.41, 5.74) is 4.32. The maximum absolute atomic E-state index is 10.2.